The van der Waals surface area contributed by atoms with E-state index in [0.29, 0.717) is 13.0 Å². The number of nitrogens with one attached hydrogen (secondary N) is 1. The van der Waals surface area contributed by atoms with Crippen LogP contribution in [0.2, 0.25) is 0 Å². The third kappa shape index (κ3) is 4.56. The minimum atomic E-state index is -2.97. The quantitative estimate of drug-likeness (QED) is 0.705. The molecule has 0 aromatic rings. The van der Waals surface area contributed by atoms with Crippen molar-refractivity contribution in [2.45, 2.75) is 50.3 Å². The molecule has 0 aromatic heterocycles. The SMILES string of the molecule is CCNC1CCCCC1S(=O)(=O)CCCOC. The molecule has 0 aliphatic heterocycles. The van der Waals surface area contributed by atoms with E-state index in [4.69, 9.17) is 4.74 Å². The maximum absolute atomic E-state index is 12.3. The van der Waals surface area contributed by atoms with Gasteiger partial charge in [-0.15, -0.1) is 0 Å². The normalized spacial score (nSPS) is 26.0. The second-order valence-electron chi connectivity index (χ2n) is 4.70. The van der Waals surface area contributed by atoms with E-state index >= 15 is 0 Å². The fraction of sp³-hybridized carbons (Fsp3) is 1.00. The highest BCUT2D eigenvalue weighted by molar-refractivity contribution is 7.92. The van der Waals surface area contributed by atoms with Gasteiger partial charge in [-0.1, -0.05) is 19.8 Å². The second kappa shape index (κ2) is 7.34. The summed E-state index contributed by atoms with van der Waals surface area (Å²) in [6, 6.07) is 0.154. The summed E-state index contributed by atoms with van der Waals surface area (Å²) >= 11 is 0. The zero-order valence-electron chi connectivity index (χ0n) is 10.9. The molecule has 0 radical (unpaired) electrons. The first-order valence-corrected chi connectivity index (χ1v) is 8.27. The van der Waals surface area contributed by atoms with Crippen LogP contribution in [0.1, 0.15) is 39.0 Å². The average molecular weight is 263 g/mol. The van der Waals surface area contributed by atoms with Gasteiger partial charge in [-0.3, -0.25) is 0 Å². The van der Waals surface area contributed by atoms with Gasteiger partial charge >= 0.3 is 0 Å². The molecule has 1 aliphatic rings. The van der Waals surface area contributed by atoms with E-state index in [9.17, 15) is 8.42 Å². The van der Waals surface area contributed by atoms with Crippen molar-refractivity contribution in [3.8, 4) is 0 Å². The summed E-state index contributed by atoms with van der Waals surface area (Å²) < 4.78 is 29.4. The predicted octanol–water partition coefficient (Wildman–Crippen LogP) is 1.36. The van der Waals surface area contributed by atoms with Crippen LogP contribution in [-0.4, -0.2) is 45.7 Å². The Bertz CT molecular complexity index is 301. The molecule has 4 nitrogen and oxygen atoms in total. The highest BCUT2D eigenvalue weighted by atomic mass is 32.2. The molecule has 1 fully saturated rings. The zero-order valence-corrected chi connectivity index (χ0v) is 11.8. The smallest absolute Gasteiger partial charge is 0.154 e. The van der Waals surface area contributed by atoms with Gasteiger partial charge in [0.25, 0.3) is 0 Å². The van der Waals surface area contributed by atoms with Crippen LogP contribution >= 0.6 is 0 Å². The summed E-state index contributed by atoms with van der Waals surface area (Å²) in [4.78, 5) is 0. The van der Waals surface area contributed by atoms with Gasteiger partial charge in [0, 0.05) is 19.8 Å². The van der Waals surface area contributed by atoms with E-state index in [2.05, 4.69) is 5.32 Å². The number of sulfone groups is 1. The molecule has 1 saturated carbocycles. The Morgan fingerprint density at radius 1 is 1.29 bits per heavy atom. The van der Waals surface area contributed by atoms with Crippen molar-refractivity contribution in [1.29, 1.82) is 0 Å². The fourth-order valence-electron chi connectivity index (χ4n) is 2.58. The Hall–Kier alpha value is -0.130. The lowest BCUT2D eigenvalue weighted by molar-refractivity contribution is 0.199. The van der Waals surface area contributed by atoms with Gasteiger partial charge in [-0.25, -0.2) is 8.42 Å². The zero-order chi connectivity index (χ0) is 12.7. The lowest BCUT2D eigenvalue weighted by atomic mass is 9.95. The summed E-state index contributed by atoms with van der Waals surface area (Å²) in [5, 5.41) is 3.13. The Morgan fingerprint density at radius 3 is 2.65 bits per heavy atom. The van der Waals surface area contributed by atoms with Crippen molar-refractivity contribution in [1.82, 2.24) is 5.32 Å². The molecule has 17 heavy (non-hydrogen) atoms. The van der Waals surface area contributed by atoms with Crippen LogP contribution < -0.4 is 5.32 Å². The molecule has 2 unspecified atom stereocenters. The van der Waals surface area contributed by atoms with Crippen LogP contribution in [0.15, 0.2) is 0 Å². The first-order valence-electron chi connectivity index (χ1n) is 6.55. The van der Waals surface area contributed by atoms with Gasteiger partial charge in [0.1, 0.15) is 0 Å². The molecule has 0 amide bonds. The van der Waals surface area contributed by atoms with Crippen LogP contribution in [0, 0.1) is 0 Å². The molecule has 2 atom stereocenters. The summed E-state index contributed by atoms with van der Waals surface area (Å²) in [7, 11) is -1.36. The first kappa shape index (κ1) is 14.9. The average Bonchev–Trinajstić information content (AvgIpc) is 2.30. The molecule has 0 heterocycles. The number of methoxy groups -OCH3 is 1. The monoisotopic (exact) mass is 263 g/mol. The molecule has 0 bridgehead atoms. The summed E-state index contributed by atoms with van der Waals surface area (Å²) in [6.07, 6.45) is 4.58. The minimum Gasteiger partial charge on any atom is -0.385 e. The maximum Gasteiger partial charge on any atom is 0.154 e. The molecule has 1 N–H and O–H groups in total. The van der Waals surface area contributed by atoms with Crippen molar-refractivity contribution < 1.29 is 13.2 Å². The van der Waals surface area contributed by atoms with Gasteiger partial charge in [0.2, 0.25) is 0 Å². The van der Waals surface area contributed by atoms with Crippen LogP contribution in [0.3, 0.4) is 0 Å². The van der Waals surface area contributed by atoms with E-state index in [-0.39, 0.29) is 17.0 Å². The van der Waals surface area contributed by atoms with E-state index in [1.807, 2.05) is 6.92 Å². The molecule has 102 valence electrons. The topological polar surface area (TPSA) is 55.4 Å². The Morgan fingerprint density at radius 2 is 2.00 bits per heavy atom. The fourth-order valence-corrected chi connectivity index (χ4v) is 4.66. The van der Waals surface area contributed by atoms with E-state index in [0.717, 1.165) is 32.2 Å². The summed E-state index contributed by atoms with van der Waals surface area (Å²) in [5.74, 6) is 0.257. The standard InChI is InChI=1S/C12H25NO3S/c1-3-13-11-7-4-5-8-12(11)17(14,15)10-6-9-16-2/h11-13H,3-10H2,1-2H3. The van der Waals surface area contributed by atoms with Crippen LogP contribution in [0.5, 0.6) is 0 Å². The molecular formula is C12H25NO3S. The molecule has 5 heteroatoms. The molecule has 1 aliphatic carbocycles. The van der Waals surface area contributed by atoms with E-state index in [1.54, 1.807) is 7.11 Å². The third-order valence-corrected chi connectivity index (χ3v) is 5.75. The molecular weight excluding hydrogens is 238 g/mol. The van der Waals surface area contributed by atoms with E-state index < -0.39 is 9.84 Å². The maximum atomic E-state index is 12.3. The van der Waals surface area contributed by atoms with Crippen molar-refractivity contribution in [3.63, 3.8) is 0 Å². The van der Waals surface area contributed by atoms with E-state index in [1.165, 1.54) is 0 Å². The van der Waals surface area contributed by atoms with Crippen LogP contribution in [-0.2, 0) is 14.6 Å². The summed E-state index contributed by atoms with van der Waals surface area (Å²) in [5.41, 5.74) is 0. The lowest BCUT2D eigenvalue weighted by Gasteiger charge is -2.31. The largest absolute Gasteiger partial charge is 0.385 e. The number of hydrogen-bond donors (Lipinski definition) is 1. The number of hydrogen-bond acceptors (Lipinski definition) is 4. The Kier molecular flexibility index (Phi) is 6.44. The minimum absolute atomic E-state index is 0.154. The van der Waals surface area contributed by atoms with Gasteiger partial charge in [-0.05, 0) is 25.8 Å². The highest BCUT2D eigenvalue weighted by Crippen LogP contribution is 2.25. The van der Waals surface area contributed by atoms with Crippen molar-refractivity contribution in [2.24, 2.45) is 0 Å². The number of ether oxygens (including phenoxy) is 1. The molecule has 0 spiro atoms. The van der Waals surface area contributed by atoms with Gasteiger partial charge < -0.3 is 10.1 Å². The third-order valence-electron chi connectivity index (χ3n) is 3.41. The second-order valence-corrected chi connectivity index (χ2v) is 7.04. The van der Waals surface area contributed by atoms with Crippen molar-refractivity contribution in [2.75, 3.05) is 26.0 Å². The molecule has 1 rings (SSSR count). The van der Waals surface area contributed by atoms with Crippen LogP contribution in [0.25, 0.3) is 0 Å². The lowest BCUT2D eigenvalue weighted by Crippen LogP contribution is -2.47. The van der Waals surface area contributed by atoms with Crippen molar-refractivity contribution in [3.05, 3.63) is 0 Å². The van der Waals surface area contributed by atoms with Gasteiger partial charge in [0.15, 0.2) is 9.84 Å². The summed E-state index contributed by atoms with van der Waals surface area (Å²) in [6.45, 7) is 3.40. The molecule has 0 aromatic carbocycles. The first-order chi connectivity index (χ1) is 8.11. The Balaban J connectivity index is 2.59. The Labute approximate surface area is 105 Å². The van der Waals surface area contributed by atoms with Gasteiger partial charge in [0.05, 0.1) is 11.0 Å². The van der Waals surface area contributed by atoms with Crippen LogP contribution in [0.4, 0.5) is 0 Å². The number of rotatable bonds is 7. The molecule has 0 saturated heterocycles. The highest BCUT2D eigenvalue weighted by Gasteiger charge is 2.34. The van der Waals surface area contributed by atoms with Crippen molar-refractivity contribution >= 4 is 9.84 Å². The predicted molar refractivity (Wildman–Crippen MR) is 70.0 cm³/mol. The van der Waals surface area contributed by atoms with Gasteiger partial charge in [-0.2, -0.15) is 0 Å².